The number of aryl methyl sites for hydroxylation is 2. The van der Waals surface area contributed by atoms with Gasteiger partial charge in [0.15, 0.2) is 0 Å². The maximum atomic E-state index is 12.4. The number of thiazole rings is 1. The number of carbonyl (C=O) groups is 1. The predicted molar refractivity (Wildman–Crippen MR) is 82.4 cm³/mol. The highest BCUT2D eigenvalue weighted by molar-refractivity contribution is 7.09. The first-order valence-electron chi connectivity index (χ1n) is 7.32. The van der Waals surface area contributed by atoms with E-state index in [1.54, 1.807) is 11.3 Å². The quantitative estimate of drug-likeness (QED) is 0.947. The van der Waals surface area contributed by atoms with Crippen molar-refractivity contribution in [2.45, 2.75) is 39.0 Å². The van der Waals surface area contributed by atoms with Gasteiger partial charge in [-0.1, -0.05) is 0 Å². The van der Waals surface area contributed by atoms with Crippen LogP contribution < -0.4 is 0 Å². The Kier molecular flexibility index (Phi) is 4.05. The van der Waals surface area contributed by atoms with Crippen molar-refractivity contribution >= 4 is 17.2 Å². The van der Waals surface area contributed by atoms with Crippen molar-refractivity contribution in [1.82, 2.24) is 20.1 Å². The summed E-state index contributed by atoms with van der Waals surface area (Å²) in [5, 5.41) is 10.3. The molecule has 21 heavy (non-hydrogen) atoms. The summed E-state index contributed by atoms with van der Waals surface area (Å²) < 4.78 is 0. The molecule has 0 unspecified atom stereocenters. The summed E-state index contributed by atoms with van der Waals surface area (Å²) in [5.74, 6) is 0.728. The summed E-state index contributed by atoms with van der Waals surface area (Å²) in [6.45, 7) is 5.58. The van der Waals surface area contributed by atoms with Crippen LogP contribution in [0.3, 0.4) is 0 Å². The molecule has 112 valence electrons. The molecule has 1 aliphatic rings. The van der Waals surface area contributed by atoms with Crippen LogP contribution in [0.2, 0.25) is 0 Å². The van der Waals surface area contributed by atoms with Gasteiger partial charge in [-0.05, 0) is 26.7 Å². The molecule has 2 aromatic heterocycles. The minimum absolute atomic E-state index is 0.209. The molecule has 0 radical (unpaired) electrons. The zero-order chi connectivity index (χ0) is 14.8. The molecule has 3 heterocycles. The fourth-order valence-corrected chi connectivity index (χ4v) is 3.72. The summed E-state index contributed by atoms with van der Waals surface area (Å²) in [6, 6.07) is 0. The van der Waals surface area contributed by atoms with Crippen LogP contribution in [-0.4, -0.2) is 39.1 Å². The van der Waals surface area contributed by atoms with Gasteiger partial charge >= 0.3 is 0 Å². The molecular formula is C15H20N4OS. The number of likely N-dealkylation sites (tertiary alicyclic amines) is 1. The lowest BCUT2D eigenvalue weighted by Crippen LogP contribution is -2.38. The van der Waals surface area contributed by atoms with Crippen molar-refractivity contribution in [2.24, 2.45) is 0 Å². The van der Waals surface area contributed by atoms with E-state index in [0.717, 1.165) is 42.9 Å². The van der Waals surface area contributed by atoms with Crippen LogP contribution in [0.5, 0.6) is 0 Å². The number of rotatable bonds is 3. The topological polar surface area (TPSA) is 61.9 Å². The van der Waals surface area contributed by atoms with Gasteiger partial charge in [0.2, 0.25) is 5.91 Å². The van der Waals surface area contributed by atoms with E-state index in [1.807, 2.05) is 30.3 Å². The van der Waals surface area contributed by atoms with Crippen LogP contribution in [-0.2, 0) is 11.2 Å². The molecule has 2 aromatic rings. The summed E-state index contributed by atoms with van der Waals surface area (Å²) >= 11 is 1.72. The molecule has 3 rings (SSSR count). The minimum Gasteiger partial charge on any atom is -0.342 e. The van der Waals surface area contributed by atoms with Crippen molar-refractivity contribution in [2.75, 3.05) is 13.1 Å². The fraction of sp³-hybridized carbons (Fsp3) is 0.533. The van der Waals surface area contributed by atoms with Crippen molar-refractivity contribution in [1.29, 1.82) is 0 Å². The first kappa shape index (κ1) is 14.3. The number of H-pyrrole nitrogens is 1. The van der Waals surface area contributed by atoms with Crippen LogP contribution in [0.25, 0.3) is 0 Å². The van der Waals surface area contributed by atoms with Gasteiger partial charge in [-0.2, -0.15) is 5.10 Å². The molecule has 0 aliphatic carbocycles. The van der Waals surface area contributed by atoms with Gasteiger partial charge in [0.25, 0.3) is 0 Å². The number of amides is 1. The molecule has 0 bridgehead atoms. The molecule has 5 nitrogen and oxygen atoms in total. The molecule has 6 heteroatoms. The Balaban J connectivity index is 1.58. The lowest BCUT2D eigenvalue weighted by molar-refractivity contribution is -0.131. The van der Waals surface area contributed by atoms with Gasteiger partial charge in [-0.25, -0.2) is 4.98 Å². The van der Waals surface area contributed by atoms with E-state index in [1.165, 1.54) is 5.01 Å². The summed E-state index contributed by atoms with van der Waals surface area (Å²) in [7, 11) is 0. The molecule has 0 aromatic carbocycles. The maximum Gasteiger partial charge on any atom is 0.227 e. The number of hydrogen-bond acceptors (Lipinski definition) is 4. The number of carbonyl (C=O) groups excluding carboxylic acids is 1. The molecule has 0 spiro atoms. The smallest absolute Gasteiger partial charge is 0.227 e. The largest absolute Gasteiger partial charge is 0.342 e. The number of aromatic nitrogens is 3. The Labute approximate surface area is 128 Å². The normalized spacial score (nSPS) is 16.4. The van der Waals surface area contributed by atoms with E-state index >= 15 is 0 Å². The van der Waals surface area contributed by atoms with E-state index in [9.17, 15) is 4.79 Å². The van der Waals surface area contributed by atoms with Crippen LogP contribution in [0, 0.1) is 13.8 Å². The SMILES string of the molecule is Cc1n[nH]c(C)c1CC(=O)N1CCC(c2nccs2)CC1. The zero-order valence-corrected chi connectivity index (χ0v) is 13.2. The Morgan fingerprint density at radius 1 is 1.43 bits per heavy atom. The molecular weight excluding hydrogens is 284 g/mol. The Morgan fingerprint density at radius 3 is 2.76 bits per heavy atom. The first-order valence-corrected chi connectivity index (χ1v) is 8.20. The summed E-state index contributed by atoms with van der Waals surface area (Å²) in [4.78, 5) is 18.8. The molecule has 1 saturated heterocycles. The van der Waals surface area contributed by atoms with Gasteiger partial charge in [0, 0.05) is 41.8 Å². The maximum absolute atomic E-state index is 12.4. The van der Waals surface area contributed by atoms with Crippen molar-refractivity contribution in [3.8, 4) is 0 Å². The van der Waals surface area contributed by atoms with E-state index in [0.29, 0.717) is 12.3 Å². The van der Waals surface area contributed by atoms with Crippen LogP contribution in [0.4, 0.5) is 0 Å². The molecule has 1 amide bonds. The van der Waals surface area contributed by atoms with E-state index in [2.05, 4.69) is 15.2 Å². The molecule has 1 fully saturated rings. The standard InChI is InChI=1S/C15H20N4OS/c1-10-13(11(2)18-17-10)9-14(20)19-6-3-12(4-7-19)15-16-5-8-21-15/h5,8,12H,3-4,6-7,9H2,1-2H3,(H,17,18). The third-order valence-corrected chi connectivity index (χ3v) is 5.20. The van der Waals surface area contributed by atoms with Crippen LogP contribution in [0.15, 0.2) is 11.6 Å². The van der Waals surface area contributed by atoms with Crippen molar-refractivity contribution in [3.63, 3.8) is 0 Å². The van der Waals surface area contributed by atoms with Gasteiger partial charge < -0.3 is 4.90 Å². The van der Waals surface area contributed by atoms with E-state index < -0.39 is 0 Å². The second-order valence-corrected chi connectivity index (χ2v) is 6.54. The molecule has 1 N–H and O–H groups in total. The number of hydrogen-bond donors (Lipinski definition) is 1. The number of nitrogens with one attached hydrogen (secondary N) is 1. The third-order valence-electron chi connectivity index (χ3n) is 4.26. The van der Waals surface area contributed by atoms with Gasteiger partial charge in [0.1, 0.15) is 0 Å². The van der Waals surface area contributed by atoms with Crippen molar-refractivity contribution in [3.05, 3.63) is 33.5 Å². The summed E-state index contributed by atoms with van der Waals surface area (Å²) in [6.07, 6.45) is 4.35. The molecule has 0 atom stereocenters. The average Bonchev–Trinajstić information content (AvgIpc) is 3.13. The van der Waals surface area contributed by atoms with Gasteiger partial charge in [-0.3, -0.25) is 9.89 Å². The Bertz CT molecular complexity index is 592. The zero-order valence-electron chi connectivity index (χ0n) is 12.4. The lowest BCUT2D eigenvalue weighted by Gasteiger charge is -2.31. The monoisotopic (exact) mass is 304 g/mol. The van der Waals surface area contributed by atoms with Gasteiger partial charge in [-0.15, -0.1) is 11.3 Å². The van der Waals surface area contributed by atoms with E-state index in [4.69, 9.17) is 0 Å². The lowest BCUT2D eigenvalue weighted by atomic mass is 9.97. The predicted octanol–water partition coefficient (Wildman–Crippen LogP) is 2.43. The average molecular weight is 304 g/mol. The third kappa shape index (κ3) is 3.00. The minimum atomic E-state index is 0.209. The van der Waals surface area contributed by atoms with E-state index in [-0.39, 0.29) is 5.91 Å². The number of nitrogens with zero attached hydrogens (tertiary/aromatic N) is 3. The highest BCUT2D eigenvalue weighted by Gasteiger charge is 2.25. The highest BCUT2D eigenvalue weighted by Crippen LogP contribution is 2.29. The highest BCUT2D eigenvalue weighted by atomic mass is 32.1. The van der Waals surface area contributed by atoms with Crippen LogP contribution in [0.1, 0.15) is 40.7 Å². The fourth-order valence-electron chi connectivity index (χ4n) is 2.91. The van der Waals surface area contributed by atoms with Crippen molar-refractivity contribution < 1.29 is 4.79 Å². The molecule has 0 saturated carbocycles. The van der Waals surface area contributed by atoms with Gasteiger partial charge in [0.05, 0.1) is 17.1 Å². The first-order chi connectivity index (χ1) is 10.1. The summed E-state index contributed by atoms with van der Waals surface area (Å²) in [5.41, 5.74) is 2.97. The number of aromatic amines is 1. The van der Waals surface area contributed by atoms with Crippen LogP contribution >= 0.6 is 11.3 Å². The Hall–Kier alpha value is -1.69. The Morgan fingerprint density at radius 2 is 2.19 bits per heavy atom. The second-order valence-electron chi connectivity index (χ2n) is 5.61. The number of piperidine rings is 1. The molecule has 1 aliphatic heterocycles. The second kappa shape index (κ2) is 5.97.